The molecule has 0 N–H and O–H groups in total. The molecule has 2 saturated heterocycles. The number of fused-ring (bicyclic) bond motifs is 1. The predicted molar refractivity (Wildman–Crippen MR) is 109 cm³/mol. The SMILES string of the molecule is O=C(C1CCN(S(=O)(=O)N2CCCCCC2)CC1)N1CCc2ccccc2C1. The molecular formula is C21H31N3O3S. The third kappa shape index (κ3) is 4.11. The fourth-order valence-corrected chi connectivity index (χ4v) is 6.43. The van der Waals surface area contributed by atoms with Crippen LogP contribution in [0.3, 0.4) is 0 Å². The third-order valence-electron chi connectivity index (χ3n) is 6.46. The highest BCUT2D eigenvalue weighted by molar-refractivity contribution is 7.86. The molecule has 3 aliphatic heterocycles. The molecule has 0 spiro atoms. The van der Waals surface area contributed by atoms with Crippen molar-refractivity contribution in [1.82, 2.24) is 13.5 Å². The largest absolute Gasteiger partial charge is 0.338 e. The van der Waals surface area contributed by atoms with Crippen molar-refractivity contribution in [3.63, 3.8) is 0 Å². The molecule has 4 rings (SSSR count). The Morgan fingerprint density at radius 3 is 2.11 bits per heavy atom. The zero-order valence-electron chi connectivity index (χ0n) is 16.6. The van der Waals surface area contributed by atoms with Crippen molar-refractivity contribution in [2.24, 2.45) is 5.92 Å². The van der Waals surface area contributed by atoms with E-state index in [2.05, 4.69) is 18.2 Å². The van der Waals surface area contributed by atoms with Crippen LogP contribution in [0.5, 0.6) is 0 Å². The predicted octanol–water partition coefficient (Wildman–Crippen LogP) is 2.40. The fourth-order valence-electron chi connectivity index (χ4n) is 4.71. The lowest BCUT2D eigenvalue weighted by Gasteiger charge is -2.37. The second-order valence-corrected chi connectivity index (χ2v) is 10.2. The van der Waals surface area contributed by atoms with Gasteiger partial charge in [0.05, 0.1) is 0 Å². The van der Waals surface area contributed by atoms with E-state index in [1.165, 1.54) is 11.1 Å². The van der Waals surface area contributed by atoms with Gasteiger partial charge in [-0.05, 0) is 43.2 Å². The molecule has 7 heteroatoms. The van der Waals surface area contributed by atoms with Crippen LogP contribution in [-0.2, 0) is 28.0 Å². The number of hydrogen-bond acceptors (Lipinski definition) is 3. The highest BCUT2D eigenvalue weighted by Gasteiger charge is 2.36. The summed E-state index contributed by atoms with van der Waals surface area (Å²) in [4.78, 5) is 15.0. The van der Waals surface area contributed by atoms with E-state index in [9.17, 15) is 13.2 Å². The lowest BCUT2D eigenvalue weighted by Crippen LogP contribution is -2.49. The van der Waals surface area contributed by atoms with Crippen LogP contribution in [0, 0.1) is 5.92 Å². The molecule has 0 bridgehead atoms. The van der Waals surface area contributed by atoms with Crippen molar-refractivity contribution in [2.45, 2.75) is 51.5 Å². The average molecular weight is 406 g/mol. The van der Waals surface area contributed by atoms with E-state index in [1.54, 1.807) is 8.61 Å². The minimum absolute atomic E-state index is 0.0548. The molecule has 0 aliphatic carbocycles. The Morgan fingerprint density at radius 2 is 1.43 bits per heavy atom. The monoisotopic (exact) mass is 405 g/mol. The first-order valence-corrected chi connectivity index (χ1v) is 12.1. The summed E-state index contributed by atoms with van der Waals surface area (Å²) in [5.41, 5.74) is 2.58. The number of piperidine rings is 1. The molecular weight excluding hydrogens is 374 g/mol. The third-order valence-corrected chi connectivity index (χ3v) is 8.50. The van der Waals surface area contributed by atoms with Gasteiger partial charge in [-0.25, -0.2) is 0 Å². The summed E-state index contributed by atoms with van der Waals surface area (Å²) in [7, 11) is -3.38. The van der Waals surface area contributed by atoms with Crippen LogP contribution in [0.1, 0.15) is 49.7 Å². The summed E-state index contributed by atoms with van der Waals surface area (Å²) >= 11 is 0. The van der Waals surface area contributed by atoms with E-state index in [1.807, 2.05) is 11.0 Å². The van der Waals surface area contributed by atoms with Crippen LogP contribution in [-0.4, -0.2) is 60.6 Å². The number of carbonyl (C=O) groups is 1. The van der Waals surface area contributed by atoms with Crippen molar-refractivity contribution >= 4 is 16.1 Å². The Balaban J connectivity index is 1.34. The minimum atomic E-state index is -3.38. The molecule has 0 saturated carbocycles. The normalized spacial score (nSPS) is 23.2. The van der Waals surface area contributed by atoms with Gasteiger partial charge in [-0.2, -0.15) is 17.0 Å². The Hall–Kier alpha value is -1.44. The quantitative estimate of drug-likeness (QED) is 0.776. The standard InChI is InChI=1S/C21H31N3O3S/c25-21(22-14-9-18-7-3-4-8-20(18)17-22)19-10-15-24(16-11-19)28(26,27)23-12-5-1-2-6-13-23/h3-4,7-8,19H,1-2,5-6,9-17H2. The molecule has 1 amide bonds. The maximum Gasteiger partial charge on any atom is 0.281 e. The molecule has 0 atom stereocenters. The van der Waals surface area contributed by atoms with Gasteiger partial charge in [0.15, 0.2) is 0 Å². The summed E-state index contributed by atoms with van der Waals surface area (Å²) in [6, 6.07) is 8.32. The van der Waals surface area contributed by atoms with E-state index in [0.29, 0.717) is 45.6 Å². The molecule has 0 unspecified atom stereocenters. The summed E-state index contributed by atoms with van der Waals surface area (Å²) in [5, 5.41) is 0. The Labute approximate surface area is 168 Å². The van der Waals surface area contributed by atoms with E-state index >= 15 is 0 Å². The zero-order chi connectivity index (χ0) is 19.6. The van der Waals surface area contributed by atoms with Crippen LogP contribution in [0.2, 0.25) is 0 Å². The maximum absolute atomic E-state index is 13.0. The van der Waals surface area contributed by atoms with Gasteiger partial charge < -0.3 is 4.90 Å². The number of carbonyl (C=O) groups excluding carboxylic acids is 1. The number of rotatable bonds is 3. The van der Waals surface area contributed by atoms with Crippen molar-refractivity contribution < 1.29 is 13.2 Å². The molecule has 3 aliphatic rings. The van der Waals surface area contributed by atoms with Crippen LogP contribution < -0.4 is 0 Å². The van der Waals surface area contributed by atoms with Gasteiger partial charge >= 0.3 is 0 Å². The van der Waals surface area contributed by atoms with Gasteiger partial charge in [0.1, 0.15) is 0 Å². The van der Waals surface area contributed by atoms with Gasteiger partial charge in [0.25, 0.3) is 10.2 Å². The summed E-state index contributed by atoms with van der Waals surface area (Å²) in [5.74, 6) is 0.141. The van der Waals surface area contributed by atoms with Gasteiger partial charge in [0.2, 0.25) is 5.91 Å². The van der Waals surface area contributed by atoms with Crippen molar-refractivity contribution in [2.75, 3.05) is 32.7 Å². The van der Waals surface area contributed by atoms with Crippen molar-refractivity contribution in [3.8, 4) is 0 Å². The first-order chi connectivity index (χ1) is 13.6. The number of amides is 1. The zero-order valence-corrected chi connectivity index (χ0v) is 17.4. The molecule has 1 aromatic rings. The summed E-state index contributed by atoms with van der Waals surface area (Å²) in [6.07, 6.45) is 6.29. The van der Waals surface area contributed by atoms with Crippen LogP contribution >= 0.6 is 0 Å². The van der Waals surface area contributed by atoms with Gasteiger partial charge in [-0.1, -0.05) is 37.1 Å². The number of nitrogens with zero attached hydrogens (tertiary/aromatic N) is 3. The second-order valence-electron chi connectivity index (χ2n) is 8.27. The maximum atomic E-state index is 13.0. The van der Waals surface area contributed by atoms with E-state index in [-0.39, 0.29) is 11.8 Å². The fraction of sp³-hybridized carbons (Fsp3) is 0.667. The topological polar surface area (TPSA) is 60.9 Å². The highest BCUT2D eigenvalue weighted by atomic mass is 32.2. The molecule has 1 aromatic carbocycles. The minimum Gasteiger partial charge on any atom is -0.338 e. The van der Waals surface area contributed by atoms with Crippen LogP contribution in [0.15, 0.2) is 24.3 Å². The second kappa shape index (κ2) is 8.51. The lowest BCUT2D eigenvalue weighted by atomic mass is 9.94. The average Bonchev–Trinajstić information content (AvgIpc) is 3.03. The number of hydrogen-bond donors (Lipinski definition) is 0. The van der Waals surface area contributed by atoms with Gasteiger partial charge in [0, 0.05) is 45.2 Å². The van der Waals surface area contributed by atoms with E-state index in [0.717, 1.165) is 38.6 Å². The van der Waals surface area contributed by atoms with Gasteiger partial charge in [-0.15, -0.1) is 0 Å². The lowest BCUT2D eigenvalue weighted by molar-refractivity contribution is -0.137. The summed E-state index contributed by atoms with van der Waals surface area (Å²) in [6.45, 7) is 3.63. The first-order valence-electron chi connectivity index (χ1n) is 10.7. The van der Waals surface area contributed by atoms with Crippen LogP contribution in [0.25, 0.3) is 0 Å². The molecule has 28 heavy (non-hydrogen) atoms. The highest BCUT2D eigenvalue weighted by Crippen LogP contribution is 2.27. The molecule has 6 nitrogen and oxygen atoms in total. The molecule has 0 radical (unpaired) electrons. The van der Waals surface area contributed by atoms with Gasteiger partial charge in [-0.3, -0.25) is 4.79 Å². The molecule has 3 heterocycles. The smallest absolute Gasteiger partial charge is 0.281 e. The number of benzene rings is 1. The molecule has 0 aromatic heterocycles. The Morgan fingerprint density at radius 1 is 0.821 bits per heavy atom. The van der Waals surface area contributed by atoms with E-state index < -0.39 is 10.2 Å². The van der Waals surface area contributed by atoms with Crippen molar-refractivity contribution in [1.29, 1.82) is 0 Å². The summed E-state index contributed by atoms with van der Waals surface area (Å²) < 4.78 is 29.2. The Bertz CT molecular complexity index is 795. The van der Waals surface area contributed by atoms with Crippen molar-refractivity contribution in [3.05, 3.63) is 35.4 Å². The van der Waals surface area contributed by atoms with E-state index in [4.69, 9.17) is 0 Å². The first kappa shape index (κ1) is 19.9. The van der Waals surface area contributed by atoms with Crippen LogP contribution in [0.4, 0.5) is 0 Å². The Kier molecular flexibility index (Phi) is 6.04. The molecule has 154 valence electrons. The molecule has 2 fully saturated rings.